The Labute approximate surface area is 228 Å². The van der Waals surface area contributed by atoms with E-state index in [1.807, 2.05) is 0 Å². The van der Waals surface area contributed by atoms with Crippen LogP contribution in [-0.4, -0.2) is 90.5 Å². The molecule has 3 atom stereocenters. The second-order valence-corrected chi connectivity index (χ2v) is 9.07. The molecule has 2 heterocycles. The van der Waals surface area contributed by atoms with E-state index in [2.05, 4.69) is 20.3 Å². The number of allylic oxidation sites excluding steroid dienone is 1. The highest BCUT2D eigenvalue weighted by molar-refractivity contribution is 5.99. The summed E-state index contributed by atoms with van der Waals surface area (Å²) in [7, 11) is 1.61. The SMILES string of the molecule is COC1CCN(C(=O)C(C)N=CC(C=N)/C(C=N)=C/c2ncc(-c3cccc(NC(=O)NCC(F)(F)F)c3)[nH]2)C1. The van der Waals surface area contributed by atoms with Gasteiger partial charge in [0.1, 0.15) is 18.4 Å². The van der Waals surface area contributed by atoms with Crippen molar-refractivity contribution in [2.24, 2.45) is 10.9 Å². The number of likely N-dealkylation sites (tertiary alicyclic amines) is 1. The van der Waals surface area contributed by atoms with Crippen LogP contribution in [0.15, 0.2) is 41.0 Å². The molecule has 40 heavy (non-hydrogen) atoms. The van der Waals surface area contributed by atoms with Crippen molar-refractivity contribution in [3.8, 4) is 11.3 Å². The second-order valence-electron chi connectivity index (χ2n) is 9.07. The number of urea groups is 1. The van der Waals surface area contributed by atoms with Gasteiger partial charge in [-0.15, -0.1) is 0 Å². The van der Waals surface area contributed by atoms with Crippen molar-refractivity contribution in [2.45, 2.75) is 31.7 Å². The van der Waals surface area contributed by atoms with E-state index in [0.717, 1.165) is 18.9 Å². The quantitative estimate of drug-likeness (QED) is 0.265. The average molecular weight is 561 g/mol. The molecule has 0 aliphatic carbocycles. The number of amides is 3. The number of aromatic nitrogens is 2. The van der Waals surface area contributed by atoms with Gasteiger partial charge in [0.2, 0.25) is 5.91 Å². The number of benzene rings is 1. The van der Waals surface area contributed by atoms with E-state index in [0.29, 0.717) is 35.7 Å². The first-order valence-corrected chi connectivity index (χ1v) is 12.4. The van der Waals surface area contributed by atoms with Crippen molar-refractivity contribution >= 4 is 42.3 Å². The van der Waals surface area contributed by atoms with Crippen molar-refractivity contribution in [1.82, 2.24) is 20.2 Å². The third-order valence-electron chi connectivity index (χ3n) is 6.13. The molecule has 1 fully saturated rings. The van der Waals surface area contributed by atoms with Crippen LogP contribution in [0.25, 0.3) is 17.3 Å². The fraction of sp³-hybridized carbons (Fsp3) is 0.385. The van der Waals surface area contributed by atoms with Gasteiger partial charge in [-0.3, -0.25) is 9.79 Å². The molecule has 1 aliphatic heterocycles. The molecule has 2 aromatic rings. The first-order chi connectivity index (χ1) is 19.0. The van der Waals surface area contributed by atoms with Crippen molar-refractivity contribution in [2.75, 3.05) is 32.1 Å². The number of ether oxygens (including phenoxy) is 1. The fourth-order valence-electron chi connectivity index (χ4n) is 3.96. The Morgan fingerprint density at radius 2 is 2.12 bits per heavy atom. The van der Waals surface area contributed by atoms with Crippen molar-refractivity contribution in [3.05, 3.63) is 41.9 Å². The molecule has 1 aromatic carbocycles. The highest BCUT2D eigenvalue weighted by Crippen LogP contribution is 2.22. The minimum absolute atomic E-state index is 0.0154. The normalized spacial score (nSPS) is 17.5. The Balaban J connectivity index is 1.68. The molecule has 1 saturated heterocycles. The van der Waals surface area contributed by atoms with E-state index < -0.39 is 30.7 Å². The largest absolute Gasteiger partial charge is 0.405 e. The number of alkyl halides is 3. The number of carbonyl (C=O) groups excluding carboxylic acids is 2. The summed E-state index contributed by atoms with van der Waals surface area (Å²) >= 11 is 0. The number of aliphatic imine (C=N–C) groups is 1. The molecule has 1 aromatic heterocycles. The van der Waals surface area contributed by atoms with E-state index in [4.69, 9.17) is 15.6 Å². The zero-order valence-corrected chi connectivity index (χ0v) is 22.0. The molecule has 3 unspecified atom stereocenters. The van der Waals surface area contributed by atoms with Gasteiger partial charge in [0, 0.05) is 50.1 Å². The Hall–Kier alpha value is -4.33. The highest BCUT2D eigenvalue weighted by atomic mass is 19.4. The van der Waals surface area contributed by atoms with Gasteiger partial charge in [0.15, 0.2) is 0 Å². The van der Waals surface area contributed by atoms with E-state index in [1.165, 1.54) is 18.5 Å². The number of anilines is 1. The maximum atomic E-state index is 12.7. The van der Waals surface area contributed by atoms with Gasteiger partial charge >= 0.3 is 12.2 Å². The molecule has 0 saturated carbocycles. The lowest BCUT2D eigenvalue weighted by Gasteiger charge is -2.19. The maximum absolute atomic E-state index is 12.7. The van der Waals surface area contributed by atoms with E-state index in [9.17, 15) is 22.8 Å². The number of halogens is 3. The maximum Gasteiger partial charge on any atom is 0.405 e. The van der Waals surface area contributed by atoms with Crippen LogP contribution in [-0.2, 0) is 9.53 Å². The lowest BCUT2D eigenvalue weighted by molar-refractivity contribution is -0.131. The molecule has 5 N–H and O–H groups in total. The molecule has 1 aliphatic rings. The van der Waals surface area contributed by atoms with Crippen LogP contribution >= 0.6 is 0 Å². The lowest BCUT2D eigenvalue weighted by Crippen LogP contribution is -2.36. The summed E-state index contributed by atoms with van der Waals surface area (Å²) < 4.78 is 42.2. The van der Waals surface area contributed by atoms with Gasteiger partial charge in [0.25, 0.3) is 0 Å². The molecule has 0 spiro atoms. The first-order valence-electron chi connectivity index (χ1n) is 12.4. The van der Waals surface area contributed by atoms with Crippen molar-refractivity contribution in [1.29, 1.82) is 10.8 Å². The van der Waals surface area contributed by atoms with Gasteiger partial charge in [-0.1, -0.05) is 12.1 Å². The molecule has 14 heteroatoms. The number of nitrogens with one attached hydrogen (secondary N) is 5. The molecule has 3 rings (SSSR count). The van der Waals surface area contributed by atoms with Crippen LogP contribution in [0, 0.1) is 16.7 Å². The zero-order valence-electron chi connectivity index (χ0n) is 22.0. The summed E-state index contributed by atoms with van der Waals surface area (Å²) in [5.74, 6) is -0.429. The Morgan fingerprint density at radius 3 is 2.77 bits per heavy atom. The first kappa shape index (κ1) is 30.2. The van der Waals surface area contributed by atoms with Crippen LogP contribution in [0.1, 0.15) is 19.2 Å². The number of nitrogens with zero attached hydrogens (tertiary/aromatic N) is 3. The van der Waals surface area contributed by atoms with Gasteiger partial charge in [-0.2, -0.15) is 13.2 Å². The van der Waals surface area contributed by atoms with E-state index in [-0.39, 0.29) is 17.7 Å². The number of rotatable bonds is 11. The van der Waals surface area contributed by atoms with Crippen molar-refractivity contribution in [3.63, 3.8) is 0 Å². The third-order valence-corrected chi connectivity index (χ3v) is 6.13. The number of hydrogen-bond donors (Lipinski definition) is 5. The predicted octanol–water partition coefficient (Wildman–Crippen LogP) is 3.77. The van der Waals surface area contributed by atoms with E-state index >= 15 is 0 Å². The van der Waals surface area contributed by atoms with Crippen molar-refractivity contribution < 1.29 is 27.5 Å². The van der Waals surface area contributed by atoms with Gasteiger partial charge in [0.05, 0.1) is 23.9 Å². The Bertz CT molecular complexity index is 1270. The molecule has 0 bridgehead atoms. The van der Waals surface area contributed by atoms with Crippen LogP contribution in [0.3, 0.4) is 0 Å². The molecular formula is C26H31F3N8O3. The van der Waals surface area contributed by atoms with Gasteiger partial charge in [-0.25, -0.2) is 9.78 Å². The number of H-pyrrole nitrogens is 1. The predicted molar refractivity (Wildman–Crippen MR) is 146 cm³/mol. The Morgan fingerprint density at radius 1 is 1.35 bits per heavy atom. The number of methoxy groups -OCH3 is 1. The zero-order chi connectivity index (χ0) is 29.3. The molecule has 3 amide bonds. The highest BCUT2D eigenvalue weighted by Gasteiger charge is 2.29. The van der Waals surface area contributed by atoms with Crippen LogP contribution < -0.4 is 10.6 Å². The summed E-state index contributed by atoms with van der Waals surface area (Å²) in [5.41, 5.74) is 1.83. The second kappa shape index (κ2) is 13.6. The minimum atomic E-state index is -4.52. The minimum Gasteiger partial charge on any atom is -0.380 e. The van der Waals surface area contributed by atoms with Gasteiger partial charge in [-0.05, 0) is 37.1 Å². The number of carbonyl (C=O) groups is 2. The van der Waals surface area contributed by atoms with E-state index in [1.54, 1.807) is 48.5 Å². The number of imidazole rings is 1. The fourth-order valence-corrected chi connectivity index (χ4v) is 3.96. The number of aromatic amines is 1. The Kier molecular flexibility index (Phi) is 10.3. The average Bonchev–Trinajstić information content (AvgIpc) is 3.61. The third kappa shape index (κ3) is 8.59. The summed E-state index contributed by atoms with van der Waals surface area (Å²) in [6.45, 7) is 1.34. The molecule has 214 valence electrons. The summed E-state index contributed by atoms with van der Waals surface area (Å²) in [5, 5.41) is 19.7. The monoisotopic (exact) mass is 560 g/mol. The molecule has 0 radical (unpaired) electrons. The van der Waals surface area contributed by atoms with Crippen LogP contribution in [0.4, 0.5) is 23.7 Å². The summed E-state index contributed by atoms with van der Waals surface area (Å²) in [6.07, 6.45) is 3.00. The summed E-state index contributed by atoms with van der Waals surface area (Å²) in [4.78, 5) is 37.8. The number of hydrogen-bond acceptors (Lipinski definition) is 7. The van der Waals surface area contributed by atoms with Crippen LogP contribution in [0.5, 0.6) is 0 Å². The summed E-state index contributed by atoms with van der Waals surface area (Å²) in [6, 6.07) is 4.78. The molecule has 11 nitrogen and oxygen atoms in total. The van der Waals surface area contributed by atoms with Crippen LogP contribution in [0.2, 0.25) is 0 Å². The lowest BCUT2D eigenvalue weighted by atomic mass is 10.0. The smallest absolute Gasteiger partial charge is 0.380 e. The standard InChI is InChI=1S/C26H31F3N8O3/c1-16(24(38)37-7-6-21(14-37)40-2)32-12-19(11-31)18(10-30)9-23-33-13-22(36-23)17-4-3-5-20(8-17)35-25(39)34-15-26(27,28)29/h3-5,8-13,16,19,21,30-31H,6-7,14-15H2,1-2H3,(H,33,36)(H2,34,35,39)/b18-9+,30-10?,31-11?,32-12?. The van der Waals surface area contributed by atoms with Gasteiger partial charge < -0.3 is 36.1 Å². The molecular weight excluding hydrogens is 529 g/mol. The topological polar surface area (TPSA) is 159 Å².